The van der Waals surface area contributed by atoms with Gasteiger partial charge < -0.3 is 14.4 Å². The van der Waals surface area contributed by atoms with Gasteiger partial charge in [-0.15, -0.1) is 0 Å². The normalized spacial score (nSPS) is 32.3. The standard InChI is InChI=1S/C27H35F3N2O3/c1-6-19(28)11-16(2)26(4)9-10-32(14-17(26)3)25(33)22-7-8-23(24(31-22)34-5)35-15-18-12-20-21(13-18)27(20,29)30/h6-8,11,17-18,20-21H,9-10,12-15H2,1-5H3. The number of halogens is 3. The van der Waals surface area contributed by atoms with Gasteiger partial charge in [0.05, 0.1) is 13.7 Å². The second-order valence-electron chi connectivity index (χ2n) is 10.6. The SMILES string of the molecule is CC=C(F)C=C(C)C1(C)CCN(C(=O)c2ccc(OCC3CC4C(C3)C4(F)F)c(OC)n2)CC1C. The van der Waals surface area contributed by atoms with E-state index in [1.54, 1.807) is 30.0 Å². The Kier molecular flexibility index (Phi) is 6.95. The first-order valence-electron chi connectivity index (χ1n) is 12.4. The molecule has 4 unspecified atom stereocenters. The van der Waals surface area contributed by atoms with Crippen LogP contribution in [0.5, 0.6) is 11.6 Å². The number of aromatic nitrogens is 1. The van der Waals surface area contributed by atoms with E-state index in [4.69, 9.17) is 9.47 Å². The van der Waals surface area contributed by atoms with Gasteiger partial charge in [-0.05, 0) is 68.6 Å². The Bertz CT molecular complexity index is 1030. The van der Waals surface area contributed by atoms with Gasteiger partial charge in [-0.25, -0.2) is 18.2 Å². The lowest BCUT2D eigenvalue weighted by atomic mass is 9.68. The summed E-state index contributed by atoms with van der Waals surface area (Å²) in [5.74, 6) is -3.08. The fourth-order valence-electron chi connectivity index (χ4n) is 5.69. The van der Waals surface area contributed by atoms with Crippen LogP contribution in [0.2, 0.25) is 0 Å². The molecule has 3 aliphatic rings. The summed E-state index contributed by atoms with van der Waals surface area (Å²) in [6.45, 7) is 9.23. The van der Waals surface area contributed by atoms with Crippen molar-refractivity contribution in [2.45, 2.75) is 52.9 Å². The number of alkyl halides is 2. The molecule has 35 heavy (non-hydrogen) atoms. The highest BCUT2D eigenvalue weighted by Crippen LogP contribution is 2.65. The van der Waals surface area contributed by atoms with Crippen molar-refractivity contribution in [1.29, 1.82) is 0 Å². The molecular formula is C27H35F3N2O3. The number of pyridine rings is 1. The summed E-state index contributed by atoms with van der Waals surface area (Å²) < 4.78 is 51.8. The first-order chi connectivity index (χ1) is 16.5. The predicted octanol–water partition coefficient (Wildman–Crippen LogP) is 6.07. The maximum absolute atomic E-state index is 13.8. The van der Waals surface area contributed by atoms with Gasteiger partial charge in [0.2, 0.25) is 0 Å². The highest BCUT2D eigenvalue weighted by molar-refractivity contribution is 5.92. The molecule has 1 aliphatic heterocycles. The minimum Gasteiger partial charge on any atom is -0.488 e. The highest BCUT2D eigenvalue weighted by Gasteiger charge is 2.71. The quantitative estimate of drug-likeness (QED) is 0.434. The molecule has 1 saturated heterocycles. The van der Waals surface area contributed by atoms with Crippen molar-refractivity contribution >= 4 is 5.91 Å². The smallest absolute Gasteiger partial charge is 0.272 e. The Morgan fingerprint density at radius 1 is 1.29 bits per heavy atom. The largest absolute Gasteiger partial charge is 0.488 e. The Balaban J connectivity index is 1.38. The van der Waals surface area contributed by atoms with E-state index < -0.39 is 17.8 Å². The van der Waals surface area contributed by atoms with Crippen LogP contribution in [0.3, 0.4) is 0 Å². The number of methoxy groups -OCH3 is 1. The molecule has 3 fully saturated rings. The lowest BCUT2D eigenvalue weighted by Crippen LogP contribution is -2.48. The fraction of sp³-hybridized carbons (Fsp3) is 0.630. The molecular weight excluding hydrogens is 457 g/mol. The van der Waals surface area contributed by atoms with E-state index in [0.717, 1.165) is 12.0 Å². The summed E-state index contributed by atoms with van der Waals surface area (Å²) in [6.07, 6.45) is 4.70. The molecule has 4 atom stereocenters. The molecule has 0 spiro atoms. The molecule has 1 aromatic heterocycles. The minimum absolute atomic E-state index is 0.0959. The van der Waals surface area contributed by atoms with Gasteiger partial charge in [0.25, 0.3) is 17.7 Å². The van der Waals surface area contributed by atoms with E-state index in [9.17, 15) is 18.0 Å². The Hall–Kier alpha value is -2.51. The van der Waals surface area contributed by atoms with E-state index >= 15 is 0 Å². The molecule has 5 nitrogen and oxygen atoms in total. The van der Waals surface area contributed by atoms with Gasteiger partial charge in [-0.2, -0.15) is 0 Å². The molecule has 1 aromatic rings. The molecule has 1 amide bonds. The van der Waals surface area contributed by atoms with Crippen molar-refractivity contribution in [2.24, 2.45) is 29.1 Å². The van der Waals surface area contributed by atoms with Gasteiger partial charge in [-0.1, -0.05) is 25.5 Å². The van der Waals surface area contributed by atoms with Gasteiger partial charge in [0.15, 0.2) is 5.75 Å². The van der Waals surface area contributed by atoms with Gasteiger partial charge in [0, 0.05) is 24.9 Å². The van der Waals surface area contributed by atoms with Crippen LogP contribution >= 0.6 is 0 Å². The molecule has 2 heterocycles. The van der Waals surface area contributed by atoms with Crippen molar-refractivity contribution in [3.63, 3.8) is 0 Å². The number of amides is 1. The number of ether oxygens (including phenoxy) is 2. The molecule has 2 saturated carbocycles. The molecule has 0 bridgehead atoms. The summed E-state index contributed by atoms with van der Waals surface area (Å²) in [5.41, 5.74) is 1.03. The third-order valence-corrected chi connectivity index (χ3v) is 8.55. The molecule has 0 N–H and O–H groups in total. The van der Waals surface area contributed by atoms with Crippen molar-refractivity contribution in [2.75, 3.05) is 26.8 Å². The number of nitrogens with zero attached hydrogens (tertiary/aromatic N) is 2. The van der Waals surface area contributed by atoms with Gasteiger partial charge in [0.1, 0.15) is 11.5 Å². The Morgan fingerprint density at radius 2 is 1.97 bits per heavy atom. The summed E-state index contributed by atoms with van der Waals surface area (Å²) >= 11 is 0. The zero-order valence-electron chi connectivity index (χ0n) is 21.1. The highest BCUT2D eigenvalue weighted by atomic mass is 19.3. The zero-order chi connectivity index (χ0) is 25.5. The van der Waals surface area contributed by atoms with Crippen LogP contribution in [-0.4, -0.2) is 48.5 Å². The number of carbonyl (C=O) groups is 1. The van der Waals surface area contributed by atoms with Gasteiger partial charge >= 0.3 is 0 Å². The van der Waals surface area contributed by atoms with E-state index in [1.807, 2.05) is 6.92 Å². The first-order valence-corrected chi connectivity index (χ1v) is 12.4. The molecule has 0 aromatic carbocycles. The summed E-state index contributed by atoms with van der Waals surface area (Å²) in [5, 5.41) is 0. The maximum atomic E-state index is 13.8. The van der Waals surface area contributed by atoms with E-state index in [2.05, 4.69) is 18.8 Å². The number of allylic oxidation sites excluding steroid dienone is 4. The van der Waals surface area contributed by atoms with Crippen molar-refractivity contribution in [1.82, 2.24) is 9.88 Å². The molecule has 192 valence electrons. The second-order valence-corrected chi connectivity index (χ2v) is 10.6. The fourth-order valence-corrected chi connectivity index (χ4v) is 5.69. The number of rotatable bonds is 7. The van der Waals surface area contributed by atoms with Crippen molar-refractivity contribution in [3.05, 3.63) is 41.4 Å². The monoisotopic (exact) mass is 492 g/mol. The number of hydrogen-bond donors (Lipinski definition) is 0. The molecule has 0 radical (unpaired) electrons. The average molecular weight is 493 g/mol. The summed E-state index contributed by atoms with van der Waals surface area (Å²) in [4.78, 5) is 19.4. The van der Waals surface area contributed by atoms with Crippen LogP contribution in [0.1, 0.15) is 57.4 Å². The molecule has 2 aliphatic carbocycles. The third-order valence-electron chi connectivity index (χ3n) is 8.55. The van der Waals surface area contributed by atoms with E-state index in [1.165, 1.54) is 13.2 Å². The first kappa shape index (κ1) is 25.6. The number of likely N-dealkylation sites (tertiary alicyclic amines) is 1. The van der Waals surface area contributed by atoms with Crippen molar-refractivity contribution < 1.29 is 27.4 Å². The van der Waals surface area contributed by atoms with Crippen LogP contribution in [0.25, 0.3) is 0 Å². The van der Waals surface area contributed by atoms with Crippen LogP contribution in [0.4, 0.5) is 13.2 Å². The number of carbonyl (C=O) groups excluding carboxylic acids is 1. The summed E-state index contributed by atoms with van der Waals surface area (Å²) in [6, 6.07) is 3.28. The number of fused-ring (bicyclic) bond motifs is 1. The zero-order valence-corrected chi connectivity index (χ0v) is 21.1. The molecule has 8 heteroatoms. The van der Waals surface area contributed by atoms with E-state index in [0.29, 0.717) is 38.3 Å². The third kappa shape index (κ3) is 4.81. The minimum atomic E-state index is -2.49. The average Bonchev–Trinajstić information content (AvgIpc) is 3.15. The van der Waals surface area contributed by atoms with Crippen LogP contribution in [-0.2, 0) is 0 Å². The van der Waals surface area contributed by atoms with Gasteiger partial charge in [-0.3, -0.25) is 4.79 Å². The van der Waals surface area contributed by atoms with Crippen LogP contribution in [0.15, 0.2) is 35.7 Å². The van der Waals surface area contributed by atoms with Crippen LogP contribution < -0.4 is 9.47 Å². The maximum Gasteiger partial charge on any atom is 0.272 e. The Morgan fingerprint density at radius 3 is 2.57 bits per heavy atom. The Labute approximate surface area is 205 Å². The van der Waals surface area contributed by atoms with E-state index in [-0.39, 0.29) is 40.6 Å². The topological polar surface area (TPSA) is 51.7 Å². The molecule has 4 rings (SSSR count). The van der Waals surface area contributed by atoms with Crippen molar-refractivity contribution in [3.8, 4) is 11.6 Å². The number of piperidine rings is 1. The summed E-state index contributed by atoms with van der Waals surface area (Å²) in [7, 11) is 1.46. The second kappa shape index (κ2) is 9.51. The lowest BCUT2D eigenvalue weighted by Gasteiger charge is -2.45. The van der Waals surface area contributed by atoms with Crippen LogP contribution in [0, 0.1) is 29.1 Å². The number of hydrogen-bond acceptors (Lipinski definition) is 4. The predicted molar refractivity (Wildman–Crippen MR) is 127 cm³/mol. The lowest BCUT2D eigenvalue weighted by molar-refractivity contribution is 0.0499.